The van der Waals surface area contributed by atoms with Crippen LogP contribution in [0.5, 0.6) is 5.88 Å². The molecule has 0 radical (unpaired) electrons. The third-order valence-corrected chi connectivity index (χ3v) is 7.61. The summed E-state index contributed by atoms with van der Waals surface area (Å²) in [5.41, 5.74) is 6.15. The summed E-state index contributed by atoms with van der Waals surface area (Å²) in [6.45, 7) is 3.38. The molecule has 0 bridgehead atoms. The van der Waals surface area contributed by atoms with Crippen LogP contribution in [0.3, 0.4) is 0 Å². The Morgan fingerprint density at radius 1 is 1.28 bits per heavy atom. The summed E-state index contributed by atoms with van der Waals surface area (Å²) in [7, 11) is 0. The van der Waals surface area contributed by atoms with Crippen molar-refractivity contribution < 1.29 is 27.8 Å². The van der Waals surface area contributed by atoms with Crippen LogP contribution in [0.25, 0.3) is 5.69 Å². The Kier molecular flexibility index (Phi) is 7.06. The number of hydrogen-bond donors (Lipinski definition) is 3. The first-order chi connectivity index (χ1) is 18.4. The topological polar surface area (TPSA) is 131 Å². The second-order valence-corrected chi connectivity index (χ2v) is 10.4. The highest BCUT2D eigenvalue weighted by Gasteiger charge is 2.46. The van der Waals surface area contributed by atoms with Gasteiger partial charge in [-0.1, -0.05) is 23.7 Å². The number of ether oxygens (including phenoxy) is 1. The summed E-state index contributed by atoms with van der Waals surface area (Å²) >= 11 is 6.33. The maximum absolute atomic E-state index is 14.4. The number of nitrogens with zero attached hydrogens (tertiary/aromatic N) is 5. The zero-order chi connectivity index (χ0) is 27.9. The molecule has 2 aliphatic rings. The number of nitrogen functional groups attached to an aromatic ring is 1. The standard InChI is InChI=1S/C25H27ClF3N7O3/c1-14-5-8-36(34-14)20-15(3-2-4-16(20)26)21(25(27,28)29)39-19-11-18(32-23(30)33-19)35-9-6-24(7-10-35)12-17(22(37)38)31-13-24/h2-5,8,11,17,21,31H,6-7,9-10,12-13H2,1H3,(H,37,38)(H2,30,32,33)/t17?,21-/m1/s1. The molecule has 2 aliphatic heterocycles. The lowest BCUT2D eigenvalue weighted by Gasteiger charge is -2.39. The van der Waals surface area contributed by atoms with Gasteiger partial charge in [0.25, 0.3) is 0 Å². The van der Waals surface area contributed by atoms with Crippen LogP contribution in [0.15, 0.2) is 36.5 Å². The highest BCUT2D eigenvalue weighted by Crippen LogP contribution is 2.43. The van der Waals surface area contributed by atoms with Crippen molar-refractivity contribution >= 4 is 29.3 Å². The molecule has 10 nitrogen and oxygen atoms in total. The van der Waals surface area contributed by atoms with E-state index in [2.05, 4.69) is 20.4 Å². The first-order valence-electron chi connectivity index (χ1n) is 12.3. The van der Waals surface area contributed by atoms with Crippen molar-refractivity contribution in [2.45, 2.75) is 44.5 Å². The summed E-state index contributed by atoms with van der Waals surface area (Å²) in [6, 6.07) is 6.59. The van der Waals surface area contributed by atoms with Gasteiger partial charge in [-0.15, -0.1) is 0 Å². The number of halogens is 4. The van der Waals surface area contributed by atoms with E-state index < -0.39 is 24.3 Å². The van der Waals surface area contributed by atoms with Gasteiger partial charge < -0.3 is 25.8 Å². The highest BCUT2D eigenvalue weighted by atomic mass is 35.5. The number of benzene rings is 1. The van der Waals surface area contributed by atoms with Gasteiger partial charge in [0.15, 0.2) is 0 Å². The number of aromatic nitrogens is 4. The summed E-state index contributed by atoms with van der Waals surface area (Å²) < 4.78 is 50.0. The molecule has 5 rings (SSSR count). The minimum Gasteiger partial charge on any atom is -0.480 e. The number of carboxylic acids is 1. The predicted octanol–water partition coefficient (Wildman–Crippen LogP) is 3.92. The fourth-order valence-corrected chi connectivity index (χ4v) is 5.56. The minimum absolute atomic E-state index is 0.0445. The van der Waals surface area contributed by atoms with Crippen molar-refractivity contribution in [3.8, 4) is 11.6 Å². The monoisotopic (exact) mass is 565 g/mol. The van der Waals surface area contributed by atoms with Gasteiger partial charge in [0.05, 0.1) is 16.4 Å². The van der Waals surface area contributed by atoms with E-state index in [1.165, 1.54) is 35.1 Å². The van der Waals surface area contributed by atoms with Crippen LogP contribution >= 0.6 is 11.6 Å². The number of alkyl halides is 3. The number of nitrogens with two attached hydrogens (primary N) is 1. The van der Waals surface area contributed by atoms with E-state index in [1.807, 2.05) is 4.90 Å². The molecular formula is C25H27ClF3N7O3. The average Bonchev–Trinajstić information content (AvgIpc) is 3.48. The number of rotatable bonds is 6. The molecule has 3 aromatic rings. The Labute approximate surface area is 226 Å². The third-order valence-electron chi connectivity index (χ3n) is 7.30. The Balaban J connectivity index is 1.41. The zero-order valence-electron chi connectivity index (χ0n) is 21.0. The second kappa shape index (κ2) is 10.2. The largest absolute Gasteiger partial charge is 0.480 e. The van der Waals surface area contributed by atoms with Crippen molar-refractivity contribution in [2.24, 2.45) is 5.41 Å². The van der Waals surface area contributed by atoms with Crippen LogP contribution in [0.1, 0.15) is 36.6 Å². The molecule has 0 saturated carbocycles. The van der Waals surface area contributed by atoms with Crippen molar-refractivity contribution in [2.75, 3.05) is 30.3 Å². The Morgan fingerprint density at radius 3 is 2.64 bits per heavy atom. The van der Waals surface area contributed by atoms with E-state index in [9.17, 15) is 23.1 Å². The fourth-order valence-electron chi connectivity index (χ4n) is 5.29. The number of para-hydroxylation sites is 1. The number of nitrogens with one attached hydrogen (secondary N) is 1. The smallest absolute Gasteiger partial charge is 0.429 e. The van der Waals surface area contributed by atoms with E-state index in [4.69, 9.17) is 22.1 Å². The summed E-state index contributed by atoms with van der Waals surface area (Å²) in [4.78, 5) is 21.4. The summed E-state index contributed by atoms with van der Waals surface area (Å²) in [6.07, 6.45) is -3.79. The SMILES string of the molecule is Cc1ccn(-c2c(Cl)cccc2[C@@H](Oc2cc(N3CCC4(CC3)CNC(C(=O)O)C4)nc(N)n2)C(F)(F)F)n1. The molecule has 2 atom stereocenters. The molecule has 1 spiro atoms. The van der Waals surface area contributed by atoms with Crippen LogP contribution in [0.4, 0.5) is 24.9 Å². The maximum atomic E-state index is 14.4. The number of hydrogen-bond acceptors (Lipinski definition) is 8. The fraction of sp³-hybridized carbons (Fsp3) is 0.440. The van der Waals surface area contributed by atoms with Crippen LogP contribution in [0, 0.1) is 12.3 Å². The molecule has 4 heterocycles. The molecular weight excluding hydrogens is 539 g/mol. The summed E-state index contributed by atoms with van der Waals surface area (Å²) in [5, 5.41) is 16.7. The van der Waals surface area contributed by atoms with E-state index in [0.717, 1.165) is 0 Å². The molecule has 0 amide bonds. The quantitative estimate of drug-likeness (QED) is 0.407. The minimum atomic E-state index is -4.82. The highest BCUT2D eigenvalue weighted by molar-refractivity contribution is 6.32. The number of carbonyl (C=O) groups is 1. The van der Waals surface area contributed by atoms with Gasteiger partial charge in [-0.3, -0.25) is 4.79 Å². The number of aliphatic carboxylic acids is 1. The van der Waals surface area contributed by atoms with E-state index in [0.29, 0.717) is 50.4 Å². The molecule has 0 aliphatic carbocycles. The Bertz CT molecular complexity index is 1380. The zero-order valence-corrected chi connectivity index (χ0v) is 21.7. The summed E-state index contributed by atoms with van der Waals surface area (Å²) in [5.74, 6) is -1.10. The molecule has 2 aromatic heterocycles. The third kappa shape index (κ3) is 5.59. The van der Waals surface area contributed by atoms with Crippen LogP contribution in [0.2, 0.25) is 5.02 Å². The van der Waals surface area contributed by atoms with Crippen molar-refractivity contribution in [1.82, 2.24) is 25.1 Å². The number of piperidine rings is 1. The Morgan fingerprint density at radius 2 is 2.03 bits per heavy atom. The first-order valence-corrected chi connectivity index (χ1v) is 12.7. The van der Waals surface area contributed by atoms with E-state index in [-0.39, 0.29) is 33.5 Å². The molecule has 4 N–H and O–H groups in total. The average molecular weight is 566 g/mol. The number of aryl methyl sites for hydroxylation is 1. The predicted molar refractivity (Wildman–Crippen MR) is 137 cm³/mol. The Hall–Kier alpha value is -3.58. The van der Waals surface area contributed by atoms with Crippen LogP contribution < -0.4 is 20.7 Å². The van der Waals surface area contributed by atoms with Gasteiger partial charge in [-0.25, -0.2) is 4.68 Å². The first kappa shape index (κ1) is 27.0. The number of anilines is 2. The van der Waals surface area contributed by atoms with Gasteiger partial charge >= 0.3 is 12.1 Å². The normalized spacial score (nSPS) is 19.8. The molecule has 14 heteroatoms. The van der Waals surface area contributed by atoms with Gasteiger partial charge in [-0.05, 0) is 43.7 Å². The van der Waals surface area contributed by atoms with Crippen molar-refractivity contribution in [1.29, 1.82) is 0 Å². The molecule has 208 valence electrons. The van der Waals surface area contributed by atoms with Gasteiger partial charge in [-0.2, -0.15) is 28.2 Å². The molecule has 1 aromatic carbocycles. The van der Waals surface area contributed by atoms with Crippen LogP contribution in [-0.2, 0) is 4.79 Å². The lowest BCUT2D eigenvalue weighted by atomic mass is 9.76. The molecule has 39 heavy (non-hydrogen) atoms. The van der Waals surface area contributed by atoms with Gasteiger partial charge in [0.1, 0.15) is 11.9 Å². The maximum Gasteiger partial charge on any atom is 0.429 e. The van der Waals surface area contributed by atoms with E-state index >= 15 is 0 Å². The van der Waals surface area contributed by atoms with Gasteiger partial charge in [0, 0.05) is 37.5 Å². The van der Waals surface area contributed by atoms with Crippen LogP contribution in [-0.4, -0.2) is 62.7 Å². The van der Waals surface area contributed by atoms with Gasteiger partial charge in [0.2, 0.25) is 17.9 Å². The van der Waals surface area contributed by atoms with Crippen molar-refractivity contribution in [3.63, 3.8) is 0 Å². The molecule has 2 saturated heterocycles. The van der Waals surface area contributed by atoms with Crippen molar-refractivity contribution in [3.05, 3.63) is 52.8 Å². The second-order valence-electron chi connectivity index (χ2n) is 10.0. The lowest BCUT2D eigenvalue weighted by Crippen LogP contribution is -2.41. The molecule has 1 unspecified atom stereocenters. The molecule has 2 fully saturated rings. The van der Waals surface area contributed by atoms with E-state index in [1.54, 1.807) is 13.0 Å². The number of carboxylic acid groups (broad SMARTS) is 1. The lowest BCUT2D eigenvalue weighted by molar-refractivity contribution is -0.198.